The molecule has 0 fully saturated rings. The minimum Gasteiger partial charge on any atom is -0.482 e. The Kier molecular flexibility index (Phi) is 7.12. The van der Waals surface area contributed by atoms with Gasteiger partial charge in [0.1, 0.15) is 12.4 Å². The van der Waals surface area contributed by atoms with Gasteiger partial charge in [-0.2, -0.15) is 0 Å². The van der Waals surface area contributed by atoms with Gasteiger partial charge in [-0.25, -0.2) is 4.79 Å². The van der Waals surface area contributed by atoms with Crippen molar-refractivity contribution in [3.05, 3.63) is 95.3 Å². The van der Waals surface area contributed by atoms with E-state index in [2.05, 4.69) is 28.3 Å². The van der Waals surface area contributed by atoms with Crippen LogP contribution in [0.25, 0.3) is 0 Å². The second-order valence-electron chi connectivity index (χ2n) is 7.92. The fourth-order valence-electron chi connectivity index (χ4n) is 3.99. The molecule has 1 aliphatic carbocycles. The number of oxime groups is 1. The first-order valence-corrected chi connectivity index (χ1v) is 10.8. The van der Waals surface area contributed by atoms with Crippen molar-refractivity contribution in [2.75, 3.05) is 13.2 Å². The van der Waals surface area contributed by atoms with Gasteiger partial charge in [0.2, 0.25) is 0 Å². The third kappa shape index (κ3) is 5.72. The van der Waals surface area contributed by atoms with Gasteiger partial charge in [0, 0.05) is 30.3 Å². The van der Waals surface area contributed by atoms with E-state index in [0.717, 1.165) is 36.1 Å². The van der Waals surface area contributed by atoms with Crippen LogP contribution < -0.4 is 4.74 Å². The van der Waals surface area contributed by atoms with E-state index < -0.39 is 5.97 Å². The van der Waals surface area contributed by atoms with Crippen LogP contribution in [-0.4, -0.2) is 35.0 Å². The fourth-order valence-corrected chi connectivity index (χ4v) is 3.99. The predicted molar refractivity (Wildman–Crippen MR) is 122 cm³/mol. The normalized spacial score (nSPS) is 15.6. The lowest BCUT2D eigenvalue weighted by atomic mass is 9.84. The van der Waals surface area contributed by atoms with E-state index in [4.69, 9.17) is 14.7 Å². The lowest BCUT2D eigenvalue weighted by molar-refractivity contribution is -0.139. The van der Waals surface area contributed by atoms with E-state index in [1.165, 1.54) is 11.1 Å². The summed E-state index contributed by atoms with van der Waals surface area (Å²) in [7, 11) is 0. The Morgan fingerprint density at radius 3 is 2.75 bits per heavy atom. The molecule has 0 radical (unpaired) electrons. The molecule has 1 aliphatic rings. The van der Waals surface area contributed by atoms with Crippen LogP contribution in [0.3, 0.4) is 0 Å². The second-order valence-corrected chi connectivity index (χ2v) is 7.92. The van der Waals surface area contributed by atoms with Crippen molar-refractivity contribution in [2.45, 2.75) is 25.7 Å². The molecule has 4 rings (SSSR count). The highest BCUT2D eigenvalue weighted by Crippen LogP contribution is 2.32. The average Bonchev–Trinajstić information content (AvgIpc) is 2.83. The molecule has 0 spiro atoms. The largest absolute Gasteiger partial charge is 0.482 e. The SMILES string of the molecule is O=C(O)COc1cccc2c1CCC(CON=C(Cc1ccccc1)c1cccnc1)C2. The van der Waals surface area contributed by atoms with Crippen molar-refractivity contribution in [1.82, 2.24) is 4.98 Å². The first-order chi connectivity index (χ1) is 15.7. The molecule has 164 valence electrons. The maximum Gasteiger partial charge on any atom is 0.341 e. The second kappa shape index (κ2) is 10.6. The van der Waals surface area contributed by atoms with Gasteiger partial charge in [0.05, 0.1) is 5.71 Å². The minimum absolute atomic E-state index is 0.323. The number of nitrogens with zero attached hydrogens (tertiary/aromatic N) is 2. The van der Waals surface area contributed by atoms with Crippen molar-refractivity contribution < 1.29 is 19.5 Å². The summed E-state index contributed by atoms with van der Waals surface area (Å²) in [6.45, 7) is 0.203. The van der Waals surface area contributed by atoms with Gasteiger partial charge in [-0.1, -0.05) is 47.6 Å². The van der Waals surface area contributed by atoms with Crippen molar-refractivity contribution >= 4 is 11.7 Å². The predicted octanol–water partition coefficient (Wildman–Crippen LogP) is 4.31. The van der Waals surface area contributed by atoms with Crippen LogP contribution in [0.1, 0.15) is 28.7 Å². The Hall–Kier alpha value is -3.67. The molecule has 2 aromatic carbocycles. The lowest BCUT2D eigenvalue weighted by Crippen LogP contribution is -2.20. The zero-order chi connectivity index (χ0) is 22.2. The highest BCUT2D eigenvalue weighted by Gasteiger charge is 2.22. The summed E-state index contributed by atoms with van der Waals surface area (Å²) in [6.07, 6.45) is 6.86. The van der Waals surface area contributed by atoms with Gasteiger partial charge in [-0.05, 0) is 54.2 Å². The van der Waals surface area contributed by atoms with E-state index in [0.29, 0.717) is 24.7 Å². The van der Waals surface area contributed by atoms with Crippen LogP contribution in [0.15, 0.2) is 78.2 Å². The number of carboxylic acid groups (broad SMARTS) is 1. The number of ether oxygens (including phenoxy) is 1. The van der Waals surface area contributed by atoms with Crippen molar-refractivity contribution in [3.63, 3.8) is 0 Å². The molecule has 32 heavy (non-hydrogen) atoms. The van der Waals surface area contributed by atoms with Gasteiger partial charge < -0.3 is 14.7 Å². The molecule has 3 aromatic rings. The van der Waals surface area contributed by atoms with Crippen LogP contribution in [0.5, 0.6) is 5.75 Å². The molecule has 0 amide bonds. The number of hydrogen-bond acceptors (Lipinski definition) is 5. The summed E-state index contributed by atoms with van der Waals surface area (Å²) in [5, 5.41) is 13.4. The molecule has 6 nitrogen and oxygen atoms in total. The molecule has 1 N–H and O–H groups in total. The molecule has 0 saturated heterocycles. The van der Waals surface area contributed by atoms with Gasteiger partial charge in [-0.3, -0.25) is 4.98 Å². The van der Waals surface area contributed by atoms with E-state index in [9.17, 15) is 4.79 Å². The van der Waals surface area contributed by atoms with Crippen LogP contribution in [0.2, 0.25) is 0 Å². The highest BCUT2D eigenvalue weighted by atomic mass is 16.6. The Labute approximate surface area is 187 Å². The molecule has 0 saturated carbocycles. The summed E-state index contributed by atoms with van der Waals surface area (Å²) in [5.41, 5.74) is 5.26. The van der Waals surface area contributed by atoms with Crippen LogP contribution in [0, 0.1) is 5.92 Å². The van der Waals surface area contributed by atoms with Crippen LogP contribution in [-0.2, 0) is 28.9 Å². The smallest absolute Gasteiger partial charge is 0.341 e. The van der Waals surface area contributed by atoms with E-state index >= 15 is 0 Å². The Balaban J connectivity index is 1.41. The topological polar surface area (TPSA) is 81.0 Å². The summed E-state index contributed by atoms with van der Waals surface area (Å²) >= 11 is 0. The number of benzene rings is 2. The number of rotatable bonds is 9. The maximum absolute atomic E-state index is 10.8. The third-order valence-electron chi connectivity index (χ3n) is 5.59. The fraction of sp³-hybridized carbons (Fsp3) is 0.269. The number of hydrogen-bond donors (Lipinski definition) is 1. The molecule has 1 aromatic heterocycles. The van der Waals surface area contributed by atoms with E-state index in [1.807, 2.05) is 42.5 Å². The number of carboxylic acids is 1. The average molecular weight is 431 g/mol. The van der Waals surface area contributed by atoms with Gasteiger partial charge in [0.25, 0.3) is 0 Å². The number of pyridine rings is 1. The highest BCUT2D eigenvalue weighted by molar-refractivity contribution is 6.01. The number of fused-ring (bicyclic) bond motifs is 1. The standard InChI is InChI=1S/C26H26N2O4/c29-26(30)18-31-25-10-4-8-21-14-20(11-12-23(21)25)17-32-28-24(22-9-5-13-27-16-22)15-19-6-2-1-3-7-19/h1-10,13,16,20H,11-12,14-15,17-18H2,(H,29,30). The molecule has 1 heterocycles. The summed E-state index contributed by atoms with van der Waals surface area (Å²) in [5.74, 6) is 0.0411. The summed E-state index contributed by atoms with van der Waals surface area (Å²) in [4.78, 5) is 20.9. The first-order valence-electron chi connectivity index (χ1n) is 10.8. The Bertz CT molecular complexity index is 1070. The lowest BCUT2D eigenvalue weighted by Gasteiger charge is -2.25. The number of carbonyl (C=O) groups is 1. The molecular weight excluding hydrogens is 404 g/mol. The summed E-state index contributed by atoms with van der Waals surface area (Å²) in [6, 6.07) is 19.9. The zero-order valence-electron chi connectivity index (χ0n) is 17.8. The molecule has 1 atom stereocenters. The van der Waals surface area contributed by atoms with Gasteiger partial charge >= 0.3 is 5.97 Å². The van der Waals surface area contributed by atoms with Crippen molar-refractivity contribution in [2.24, 2.45) is 11.1 Å². The molecule has 1 unspecified atom stereocenters. The zero-order valence-corrected chi connectivity index (χ0v) is 17.8. The number of aromatic nitrogens is 1. The van der Waals surface area contributed by atoms with E-state index in [1.54, 1.807) is 12.4 Å². The molecule has 0 aliphatic heterocycles. The molecule has 6 heteroatoms. The Morgan fingerprint density at radius 2 is 1.97 bits per heavy atom. The first kappa shape index (κ1) is 21.6. The third-order valence-corrected chi connectivity index (χ3v) is 5.59. The van der Waals surface area contributed by atoms with E-state index in [-0.39, 0.29) is 6.61 Å². The quantitative estimate of drug-likeness (QED) is 0.404. The van der Waals surface area contributed by atoms with Gasteiger partial charge in [-0.15, -0.1) is 0 Å². The van der Waals surface area contributed by atoms with Crippen LogP contribution in [0.4, 0.5) is 0 Å². The molecule has 0 bridgehead atoms. The maximum atomic E-state index is 10.8. The minimum atomic E-state index is -0.970. The van der Waals surface area contributed by atoms with Crippen molar-refractivity contribution in [1.29, 1.82) is 0 Å². The molecular formula is C26H26N2O4. The van der Waals surface area contributed by atoms with Crippen LogP contribution >= 0.6 is 0 Å². The summed E-state index contributed by atoms with van der Waals surface area (Å²) < 4.78 is 5.46. The Morgan fingerprint density at radius 1 is 1.09 bits per heavy atom. The van der Waals surface area contributed by atoms with Crippen molar-refractivity contribution in [3.8, 4) is 5.75 Å². The number of aliphatic carboxylic acids is 1. The monoisotopic (exact) mass is 430 g/mol. The van der Waals surface area contributed by atoms with Gasteiger partial charge in [0.15, 0.2) is 6.61 Å².